The lowest BCUT2D eigenvalue weighted by atomic mass is 10.1. The molecule has 0 aliphatic rings. The summed E-state index contributed by atoms with van der Waals surface area (Å²) in [6.07, 6.45) is -4.54. The summed E-state index contributed by atoms with van der Waals surface area (Å²) in [6, 6.07) is 3.02. The maximum atomic E-state index is 12.8. The average Bonchev–Trinajstić information content (AvgIpc) is 2.36. The summed E-state index contributed by atoms with van der Waals surface area (Å²) in [5.41, 5.74) is -1.35. The molecule has 0 fully saturated rings. The molecule has 0 heterocycles. The number of carboxylic acid groups (broad SMARTS) is 1. The molecule has 1 aromatic rings. The largest absolute Gasteiger partial charge is 0.481 e. The van der Waals surface area contributed by atoms with E-state index in [1.54, 1.807) is 6.92 Å². The molecule has 1 atom stereocenters. The first-order chi connectivity index (χ1) is 9.74. The Kier molecular flexibility index (Phi) is 5.57. The Morgan fingerprint density at radius 2 is 1.90 bits per heavy atom. The van der Waals surface area contributed by atoms with Crippen molar-refractivity contribution in [1.29, 1.82) is 0 Å². The highest BCUT2D eigenvalue weighted by molar-refractivity contribution is 5.90. The highest BCUT2D eigenvalue weighted by atomic mass is 19.4. The quantitative estimate of drug-likeness (QED) is 0.782. The Bertz CT molecular complexity index is 518. The summed E-state index contributed by atoms with van der Waals surface area (Å²) in [4.78, 5) is 22.2. The van der Waals surface area contributed by atoms with Gasteiger partial charge in [-0.2, -0.15) is 13.2 Å². The number of urea groups is 1. The van der Waals surface area contributed by atoms with Crippen LogP contribution in [0.2, 0.25) is 0 Å². The number of carbonyl (C=O) groups is 2. The van der Waals surface area contributed by atoms with Crippen LogP contribution >= 0.6 is 0 Å². The number of para-hydroxylation sites is 1. The molecule has 0 aliphatic heterocycles. The van der Waals surface area contributed by atoms with Gasteiger partial charge < -0.3 is 15.7 Å². The number of rotatable bonds is 5. The minimum Gasteiger partial charge on any atom is -0.481 e. The van der Waals surface area contributed by atoms with Gasteiger partial charge in [-0.25, -0.2) is 4.79 Å². The summed E-state index contributed by atoms with van der Waals surface area (Å²) >= 11 is 0. The minimum absolute atomic E-state index is 0.301. The van der Waals surface area contributed by atoms with Gasteiger partial charge in [-0.1, -0.05) is 19.1 Å². The second kappa shape index (κ2) is 6.96. The molecule has 0 saturated heterocycles. The molecule has 1 aromatic carbocycles. The normalized spacial score (nSPS) is 12.6. The zero-order chi connectivity index (χ0) is 16.0. The number of alkyl halides is 3. The van der Waals surface area contributed by atoms with E-state index in [4.69, 9.17) is 5.11 Å². The second-order valence-corrected chi connectivity index (χ2v) is 4.34. The summed E-state index contributed by atoms with van der Waals surface area (Å²) < 4.78 is 38.3. The van der Waals surface area contributed by atoms with Gasteiger partial charge in [0, 0.05) is 6.04 Å². The monoisotopic (exact) mass is 304 g/mol. The van der Waals surface area contributed by atoms with E-state index in [9.17, 15) is 22.8 Å². The van der Waals surface area contributed by atoms with Crippen molar-refractivity contribution in [1.82, 2.24) is 5.32 Å². The zero-order valence-corrected chi connectivity index (χ0v) is 11.2. The van der Waals surface area contributed by atoms with Gasteiger partial charge >= 0.3 is 18.2 Å². The number of halogens is 3. The molecule has 116 valence electrons. The van der Waals surface area contributed by atoms with Gasteiger partial charge in [-0.05, 0) is 18.6 Å². The Morgan fingerprint density at radius 1 is 1.29 bits per heavy atom. The molecule has 3 N–H and O–H groups in total. The molecular formula is C13H15F3N2O3. The van der Waals surface area contributed by atoms with Crippen LogP contribution < -0.4 is 10.6 Å². The molecule has 0 bridgehead atoms. The molecule has 1 rings (SSSR count). The van der Waals surface area contributed by atoms with Crippen molar-refractivity contribution in [3.63, 3.8) is 0 Å². The molecule has 2 amide bonds. The number of benzene rings is 1. The molecule has 0 aliphatic carbocycles. The van der Waals surface area contributed by atoms with Gasteiger partial charge in [-0.3, -0.25) is 4.79 Å². The van der Waals surface area contributed by atoms with Gasteiger partial charge in [0.2, 0.25) is 0 Å². The van der Waals surface area contributed by atoms with E-state index in [0.29, 0.717) is 6.42 Å². The number of nitrogens with one attached hydrogen (secondary N) is 2. The minimum atomic E-state index is -4.59. The fourth-order valence-corrected chi connectivity index (χ4v) is 1.69. The van der Waals surface area contributed by atoms with Gasteiger partial charge in [0.25, 0.3) is 0 Å². The van der Waals surface area contributed by atoms with Gasteiger partial charge in [0.1, 0.15) is 0 Å². The summed E-state index contributed by atoms with van der Waals surface area (Å²) in [7, 11) is 0. The Hall–Kier alpha value is -2.25. The Morgan fingerprint density at radius 3 is 2.43 bits per heavy atom. The van der Waals surface area contributed by atoms with Crippen molar-refractivity contribution in [3.8, 4) is 0 Å². The maximum absolute atomic E-state index is 12.8. The van der Waals surface area contributed by atoms with Crippen LogP contribution in [-0.4, -0.2) is 23.1 Å². The maximum Gasteiger partial charge on any atom is 0.418 e. The van der Waals surface area contributed by atoms with Crippen molar-refractivity contribution < 1.29 is 27.9 Å². The van der Waals surface area contributed by atoms with E-state index in [0.717, 1.165) is 12.1 Å². The van der Waals surface area contributed by atoms with E-state index in [1.807, 2.05) is 0 Å². The number of carbonyl (C=O) groups excluding carboxylic acids is 1. The van der Waals surface area contributed by atoms with E-state index in [1.165, 1.54) is 12.1 Å². The lowest BCUT2D eigenvalue weighted by Gasteiger charge is -2.17. The zero-order valence-electron chi connectivity index (χ0n) is 11.2. The first-order valence-electron chi connectivity index (χ1n) is 6.19. The molecular weight excluding hydrogens is 289 g/mol. The molecule has 0 radical (unpaired) electrons. The van der Waals surface area contributed by atoms with E-state index >= 15 is 0 Å². The fraction of sp³-hybridized carbons (Fsp3) is 0.385. The Balaban J connectivity index is 2.77. The van der Waals surface area contributed by atoms with Crippen LogP contribution in [-0.2, 0) is 11.0 Å². The molecule has 8 heteroatoms. The van der Waals surface area contributed by atoms with Crippen molar-refractivity contribution >= 4 is 17.7 Å². The lowest BCUT2D eigenvalue weighted by Crippen LogP contribution is -2.39. The standard InChI is InChI=1S/C13H15F3N2O3/c1-2-8(7-11(19)20)17-12(21)18-10-6-4-3-5-9(10)13(14,15)16/h3-6,8H,2,7H2,1H3,(H,19,20)(H2,17,18,21). The first kappa shape index (κ1) is 16.8. The summed E-state index contributed by atoms with van der Waals surface area (Å²) in [6.45, 7) is 1.66. The SMILES string of the molecule is CCC(CC(=O)O)NC(=O)Nc1ccccc1C(F)(F)F. The van der Waals surface area contributed by atoms with Crippen molar-refractivity contribution in [2.24, 2.45) is 0 Å². The number of anilines is 1. The van der Waals surface area contributed by atoms with Crippen LogP contribution in [0.25, 0.3) is 0 Å². The van der Waals surface area contributed by atoms with Crippen LogP contribution in [0.1, 0.15) is 25.3 Å². The number of hydrogen-bond donors (Lipinski definition) is 3. The smallest absolute Gasteiger partial charge is 0.418 e. The second-order valence-electron chi connectivity index (χ2n) is 4.34. The lowest BCUT2D eigenvalue weighted by molar-refractivity contribution is -0.138. The highest BCUT2D eigenvalue weighted by Crippen LogP contribution is 2.34. The number of hydrogen-bond acceptors (Lipinski definition) is 2. The third-order valence-electron chi connectivity index (χ3n) is 2.73. The third-order valence-corrected chi connectivity index (χ3v) is 2.73. The van der Waals surface area contributed by atoms with E-state index < -0.39 is 29.8 Å². The van der Waals surface area contributed by atoms with Crippen molar-refractivity contribution in [3.05, 3.63) is 29.8 Å². The van der Waals surface area contributed by atoms with Crippen LogP contribution in [0.3, 0.4) is 0 Å². The van der Waals surface area contributed by atoms with E-state index in [-0.39, 0.29) is 12.1 Å². The van der Waals surface area contributed by atoms with Crippen LogP contribution in [0.4, 0.5) is 23.7 Å². The third kappa shape index (κ3) is 5.33. The number of carboxylic acids is 1. The average molecular weight is 304 g/mol. The Labute approximate surface area is 119 Å². The molecule has 5 nitrogen and oxygen atoms in total. The summed E-state index contributed by atoms with van der Waals surface area (Å²) in [5, 5.41) is 13.1. The van der Waals surface area contributed by atoms with Gasteiger partial charge in [-0.15, -0.1) is 0 Å². The predicted octanol–water partition coefficient (Wildman–Crippen LogP) is 3.08. The number of aliphatic carboxylic acids is 1. The molecule has 0 spiro atoms. The predicted molar refractivity (Wildman–Crippen MR) is 69.9 cm³/mol. The number of amides is 2. The van der Waals surface area contributed by atoms with Crippen molar-refractivity contribution in [2.45, 2.75) is 32.0 Å². The first-order valence-corrected chi connectivity index (χ1v) is 6.19. The molecule has 21 heavy (non-hydrogen) atoms. The van der Waals surface area contributed by atoms with Gasteiger partial charge in [0.15, 0.2) is 0 Å². The molecule has 0 saturated carbocycles. The van der Waals surface area contributed by atoms with Gasteiger partial charge in [0.05, 0.1) is 17.7 Å². The fourth-order valence-electron chi connectivity index (χ4n) is 1.69. The van der Waals surface area contributed by atoms with Crippen molar-refractivity contribution in [2.75, 3.05) is 5.32 Å². The van der Waals surface area contributed by atoms with Crippen LogP contribution in [0, 0.1) is 0 Å². The summed E-state index contributed by atoms with van der Waals surface area (Å²) in [5.74, 6) is -1.10. The molecule has 0 aromatic heterocycles. The van der Waals surface area contributed by atoms with E-state index in [2.05, 4.69) is 10.6 Å². The highest BCUT2D eigenvalue weighted by Gasteiger charge is 2.33. The van der Waals surface area contributed by atoms with Crippen LogP contribution in [0.5, 0.6) is 0 Å². The molecule has 1 unspecified atom stereocenters. The van der Waals surface area contributed by atoms with Crippen LogP contribution in [0.15, 0.2) is 24.3 Å². The topological polar surface area (TPSA) is 78.4 Å².